The monoisotopic (exact) mass is 194 g/mol. The minimum atomic E-state index is 0.205. The highest BCUT2D eigenvalue weighted by atomic mass is 16.5. The molecule has 1 aliphatic heterocycles. The third kappa shape index (κ3) is 2.14. The van der Waals surface area contributed by atoms with Gasteiger partial charge in [0.15, 0.2) is 0 Å². The number of rotatable bonds is 3. The second kappa shape index (κ2) is 4.28. The minimum Gasteiger partial charge on any atom is -0.473 e. The zero-order valence-corrected chi connectivity index (χ0v) is 7.98. The molecule has 0 aromatic carbocycles. The van der Waals surface area contributed by atoms with E-state index in [2.05, 4.69) is 4.98 Å². The van der Waals surface area contributed by atoms with E-state index in [1.165, 1.54) is 0 Å². The first kappa shape index (κ1) is 9.27. The molecule has 0 aliphatic carbocycles. The molecule has 14 heavy (non-hydrogen) atoms. The quantitative estimate of drug-likeness (QED) is 0.786. The van der Waals surface area contributed by atoms with Crippen LogP contribution in [0.15, 0.2) is 18.3 Å². The lowest BCUT2D eigenvalue weighted by molar-refractivity contribution is 0.0666. The van der Waals surface area contributed by atoms with Gasteiger partial charge in [-0.25, -0.2) is 4.98 Å². The molecule has 0 unspecified atom stereocenters. The van der Waals surface area contributed by atoms with Crippen LogP contribution in [-0.4, -0.2) is 24.3 Å². The van der Waals surface area contributed by atoms with Crippen LogP contribution in [0.4, 0.5) is 5.69 Å². The SMILES string of the molecule is Nc1cccnc1OC[C@H]1CCCO1. The predicted octanol–water partition coefficient (Wildman–Crippen LogP) is 1.22. The number of anilines is 1. The number of hydrogen-bond acceptors (Lipinski definition) is 4. The molecule has 1 aliphatic rings. The third-order valence-electron chi connectivity index (χ3n) is 2.23. The topological polar surface area (TPSA) is 57.4 Å². The van der Waals surface area contributed by atoms with E-state index < -0.39 is 0 Å². The molecule has 0 saturated carbocycles. The molecule has 0 radical (unpaired) electrons. The second-order valence-corrected chi connectivity index (χ2v) is 3.34. The van der Waals surface area contributed by atoms with E-state index >= 15 is 0 Å². The predicted molar refractivity (Wildman–Crippen MR) is 53.1 cm³/mol. The van der Waals surface area contributed by atoms with E-state index in [4.69, 9.17) is 15.2 Å². The molecule has 0 spiro atoms. The molecular weight excluding hydrogens is 180 g/mol. The van der Waals surface area contributed by atoms with Gasteiger partial charge in [0, 0.05) is 12.8 Å². The lowest BCUT2D eigenvalue weighted by atomic mass is 10.2. The number of ether oxygens (including phenoxy) is 2. The van der Waals surface area contributed by atoms with Crippen molar-refractivity contribution in [1.29, 1.82) is 0 Å². The molecule has 1 saturated heterocycles. The summed E-state index contributed by atoms with van der Waals surface area (Å²) in [5, 5.41) is 0. The van der Waals surface area contributed by atoms with Crippen molar-refractivity contribution in [1.82, 2.24) is 4.98 Å². The fourth-order valence-corrected chi connectivity index (χ4v) is 1.47. The first-order chi connectivity index (χ1) is 6.86. The summed E-state index contributed by atoms with van der Waals surface area (Å²) in [7, 11) is 0. The normalized spacial score (nSPS) is 21.0. The van der Waals surface area contributed by atoms with Gasteiger partial charge in [0.2, 0.25) is 5.88 Å². The molecule has 1 aromatic heterocycles. The van der Waals surface area contributed by atoms with Crippen molar-refractivity contribution in [3.05, 3.63) is 18.3 Å². The maximum Gasteiger partial charge on any atom is 0.237 e. The van der Waals surface area contributed by atoms with Gasteiger partial charge in [-0.05, 0) is 25.0 Å². The summed E-state index contributed by atoms with van der Waals surface area (Å²) < 4.78 is 10.9. The van der Waals surface area contributed by atoms with Crippen LogP contribution < -0.4 is 10.5 Å². The van der Waals surface area contributed by atoms with Crippen molar-refractivity contribution in [3.63, 3.8) is 0 Å². The molecule has 1 aromatic rings. The van der Waals surface area contributed by atoms with Crippen molar-refractivity contribution in [2.24, 2.45) is 0 Å². The largest absolute Gasteiger partial charge is 0.473 e. The van der Waals surface area contributed by atoms with E-state index in [1.807, 2.05) is 0 Å². The number of nitrogens with two attached hydrogens (primary N) is 1. The Kier molecular flexibility index (Phi) is 2.84. The summed E-state index contributed by atoms with van der Waals surface area (Å²) in [5.74, 6) is 0.503. The Balaban J connectivity index is 1.88. The van der Waals surface area contributed by atoms with Crippen LogP contribution in [0.5, 0.6) is 5.88 Å². The number of nitrogen functional groups attached to an aromatic ring is 1. The Bertz CT molecular complexity index is 298. The molecule has 0 amide bonds. The Hall–Kier alpha value is -1.29. The van der Waals surface area contributed by atoms with Crippen molar-refractivity contribution >= 4 is 5.69 Å². The lowest BCUT2D eigenvalue weighted by Gasteiger charge is -2.11. The molecule has 4 nitrogen and oxygen atoms in total. The first-order valence-corrected chi connectivity index (χ1v) is 4.81. The Morgan fingerprint density at radius 3 is 3.29 bits per heavy atom. The molecule has 0 bridgehead atoms. The average molecular weight is 194 g/mol. The molecule has 1 atom stereocenters. The minimum absolute atomic E-state index is 0.205. The van der Waals surface area contributed by atoms with Crippen LogP contribution in [0.25, 0.3) is 0 Å². The maximum atomic E-state index is 5.68. The van der Waals surface area contributed by atoms with Gasteiger partial charge in [0.1, 0.15) is 6.61 Å². The van der Waals surface area contributed by atoms with Gasteiger partial charge in [0.25, 0.3) is 0 Å². The van der Waals surface area contributed by atoms with Gasteiger partial charge in [-0.15, -0.1) is 0 Å². The van der Waals surface area contributed by atoms with Gasteiger partial charge in [0.05, 0.1) is 11.8 Å². The van der Waals surface area contributed by atoms with E-state index in [0.717, 1.165) is 19.4 Å². The lowest BCUT2D eigenvalue weighted by Crippen LogP contribution is -2.17. The summed E-state index contributed by atoms with van der Waals surface area (Å²) in [6.45, 7) is 1.38. The molecule has 4 heteroatoms. The van der Waals surface area contributed by atoms with E-state index in [9.17, 15) is 0 Å². The van der Waals surface area contributed by atoms with Crippen LogP contribution in [-0.2, 0) is 4.74 Å². The number of pyridine rings is 1. The highest BCUT2D eigenvalue weighted by Gasteiger charge is 2.16. The molecular formula is C10H14N2O2. The van der Waals surface area contributed by atoms with Crippen molar-refractivity contribution in [2.75, 3.05) is 18.9 Å². The van der Waals surface area contributed by atoms with Crippen LogP contribution in [0.2, 0.25) is 0 Å². The fourth-order valence-electron chi connectivity index (χ4n) is 1.47. The number of aromatic nitrogens is 1. The summed E-state index contributed by atoms with van der Waals surface area (Å²) in [6, 6.07) is 3.56. The van der Waals surface area contributed by atoms with E-state index in [1.54, 1.807) is 18.3 Å². The maximum absolute atomic E-state index is 5.68. The van der Waals surface area contributed by atoms with Crippen molar-refractivity contribution in [3.8, 4) is 5.88 Å². The summed E-state index contributed by atoms with van der Waals surface area (Å²) >= 11 is 0. The van der Waals surface area contributed by atoms with E-state index in [0.29, 0.717) is 18.2 Å². The van der Waals surface area contributed by atoms with Crippen LogP contribution in [0, 0.1) is 0 Å². The molecule has 2 N–H and O–H groups in total. The molecule has 76 valence electrons. The van der Waals surface area contributed by atoms with Gasteiger partial charge in [-0.1, -0.05) is 0 Å². The molecule has 2 rings (SSSR count). The number of nitrogens with zero attached hydrogens (tertiary/aromatic N) is 1. The van der Waals surface area contributed by atoms with Gasteiger partial charge in [-0.2, -0.15) is 0 Å². The Labute approximate surface area is 83.0 Å². The summed E-state index contributed by atoms with van der Waals surface area (Å²) in [5.41, 5.74) is 6.25. The molecule has 1 fully saturated rings. The van der Waals surface area contributed by atoms with Gasteiger partial charge < -0.3 is 15.2 Å². The van der Waals surface area contributed by atoms with Crippen LogP contribution in [0.3, 0.4) is 0 Å². The third-order valence-corrected chi connectivity index (χ3v) is 2.23. The fraction of sp³-hybridized carbons (Fsp3) is 0.500. The Morgan fingerprint density at radius 1 is 1.64 bits per heavy atom. The van der Waals surface area contributed by atoms with Crippen LogP contribution in [0.1, 0.15) is 12.8 Å². The van der Waals surface area contributed by atoms with Gasteiger partial charge in [-0.3, -0.25) is 0 Å². The average Bonchev–Trinajstić information content (AvgIpc) is 2.69. The summed E-state index contributed by atoms with van der Waals surface area (Å²) in [6.07, 6.45) is 4.05. The van der Waals surface area contributed by atoms with Crippen LogP contribution >= 0.6 is 0 Å². The highest BCUT2D eigenvalue weighted by molar-refractivity contribution is 5.46. The zero-order chi connectivity index (χ0) is 9.80. The Morgan fingerprint density at radius 2 is 2.57 bits per heavy atom. The smallest absolute Gasteiger partial charge is 0.237 e. The van der Waals surface area contributed by atoms with Crippen molar-refractivity contribution in [2.45, 2.75) is 18.9 Å². The van der Waals surface area contributed by atoms with Crippen molar-refractivity contribution < 1.29 is 9.47 Å². The van der Waals surface area contributed by atoms with E-state index in [-0.39, 0.29) is 6.10 Å². The first-order valence-electron chi connectivity index (χ1n) is 4.81. The highest BCUT2D eigenvalue weighted by Crippen LogP contribution is 2.18. The van der Waals surface area contributed by atoms with Gasteiger partial charge >= 0.3 is 0 Å². The number of hydrogen-bond donors (Lipinski definition) is 1. The molecule has 2 heterocycles. The summed E-state index contributed by atoms with van der Waals surface area (Å²) in [4.78, 5) is 4.04. The zero-order valence-electron chi connectivity index (χ0n) is 7.98. The second-order valence-electron chi connectivity index (χ2n) is 3.34. The standard InChI is InChI=1S/C10H14N2O2/c11-9-4-1-5-12-10(9)14-7-8-3-2-6-13-8/h1,4-5,8H,2-3,6-7,11H2/t8-/m1/s1.